The van der Waals surface area contributed by atoms with E-state index >= 15 is 0 Å². The molecule has 1 saturated carbocycles. The Morgan fingerprint density at radius 1 is 1.46 bits per heavy atom. The van der Waals surface area contributed by atoms with Crippen LogP contribution in [0.2, 0.25) is 0 Å². The summed E-state index contributed by atoms with van der Waals surface area (Å²) < 4.78 is 0. The molecule has 3 heteroatoms. The minimum atomic E-state index is -0.500. The SMILES string of the molecule is CC(C)NCC1(O)CCC(N)CC1. The van der Waals surface area contributed by atoms with E-state index in [1.165, 1.54) is 0 Å². The van der Waals surface area contributed by atoms with Gasteiger partial charge in [0.1, 0.15) is 0 Å². The van der Waals surface area contributed by atoms with Crippen LogP contribution in [0.5, 0.6) is 0 Å². The van der Waals surface area contributed by atoms with E-state index in [2.05, 4.69) is 19.2 Å². The summed E-state index contributed by atoms with van der Waals surface area (Å²) in [5.74, 6) is 0. The first-order valence-corrected chi connectivity index (χ1v) is 5.23. The Bertz CT molecular complexity index is 151. The van der Waals surface area contributed by atoms with Crippen LogP contribution in [0.1, 0.15) is 39.5 Å². The minimum Gasteiger partial charge on any atom is -0.389 e. The molecule has 0 amide bonds. The van der Waals surface area contributed by atoms with Crippen molar-refractivity contribution in [2.24, 2.45) is 5.73 Å². The number of nitrogens with two attached hydrogens (primary N) is 1. The van der Waals surface area contributed by atoms with E-state index in [-0.39, 0.29) is 0 Å². The Morgan fingerprint density at radius 3 is 2.46 bits per heavy atom. The lowest BCUT2D eigenvalue weighted by atomic mass is 9.82. The molecule has 1 fully saturated rings. The van der Waals surface area contributed by atoms with E-state index in [1.807, 2.05) is 0 Å². The molecule has 0 spiro atoms. The van der Waals surface area contributed by atoms with Gasteiger partial charge in [0.05, 0.1) is 5.60 Å². The summed E-state index contributed by atoms with van der Waals surface area (Å²) in [5, 5.41) is 13.4. The maximum absolute atomic E-state index is 10.1. The van der Waals surface area contributed by atoms with Crippen LogP contribution in [-0.4, -0.2) is 29.3 Å². The zero-order chi connectivity index (χ0) is 9.90. The lowest BCUT2D eigenvalue weighted by molar-refractivity contribution is -0.000707. The average Bonchev–Trinajstić information content (AvgIpc) is 2.08. The quantitative estimate of drug-likeness (QED) is 0.605. The molecule has 0 saturated heterocycles. The molecular weight excluding hydrogens is 164 g/mol. The lowest BCUT2D eigenvalue weighted by Crippen LogP contribution is -2.47. The van der Waals surface area contributed by atoms with Crippen molar-refractivity contribution in [3.05, 3.63) is 0 Å². The largest absolute Gasteiger partial charge is 0.389 e. The fraction of sp³-hybridized carbons (Fsp3) is 1.00. The van der Waals surface area contributed by atoms with E-state index in [0.29, 0.717) is 18.6 Å². The van der Waals surface area contributed by atoms with Crippen LogP contribution in [0.3, 0.4) is 0 Å². The van der Waals surface area contributed by atoms with Gasteiger partial charge >= 0.3 is 0 Å². The van der Waals surface area contributed by atoms with Gasteiger partial charge < -0.3 is 16.2 Å². The van der Waals surface area contributed by atoms with Crippen molar-refractivity contribution in [3.8, 4) is 0 Å². The molecule has 4 N–H and O–H groups in total. The second-order valence-corrected chi connectivity index (χ2v) is 4.60. The third kappa shape index (κ3) is 3.63. The summed E-state index contributed by atoms with van der Waals surface area (Å²) in [6.45, 7) is 4.90. The Labute approximate surface area is 80.7 Å². The molecule has 1 rings (SSSR count). The molecule has 1 aliphatic rings. The van der Waals surface area contributed by atoms with Crippen LogP contribution in [0.25, 0.3) is 0 Å². The van der Waals surface area contributed by atoms with Crippen molar-refractivity contribution in [1.82, 2.24) is 5.32 Å². The fourth-order valence-electron chi connectivity index (χ4n) is 1.75. The van der Waals surface area contributed by atoms with Crippen LogP contribution in [0.15, 0.2) is 0 Å². The molecule has 1 aliphatic carbocycles. The van der Waals surface area contributed by atoms with Crippen LogP contribution < -0.4 is 11.1 Å². The Morgan fingerprint density at radius 2 is 2.00 bits per heavy atom. The Hall–Kier alpha value is -0.120. The molecule has 0 aromatic carbocycles. The molecule has 0 aliphatic heterocycles. The molecule has 0 aromatic heterocycles. The Kier molecular flexibility index (Phi) is 3.71. The third-order valence-corrected chi connectivity index (χ3v) is 2.80. The van der Waals surface area contributed by atoms with Gasteiger partial charge in [-0.25, -0.2) is 0 Å². The smallest absolute Gasteiger partial charge is 0.0772 e. The number of hydrogen-bond donors (Lipinski definition) is 3. The van der Waals surface area contributed by atoms with Crippen LogP contribution in [0.4, 0.5) is 0 Å². The summed E-state index contributed by atoms with van der Waals surface area (Å²) >= 11 is 0. The third-order valence-electron chi connectivity index (χ3n) is 2.80. The van der Waals surface area contributed by atoms with Crippen molar-refractivity contribution in [1.29, 1.82) is 0 Å². The second kappa shape index (κ2) is 4.40. The summed E-state index contributed by atoms with van der Waals surface area (Å²) in [5.41, 5.74) is 5.28. The predicted octanol–water partition coefficient (Wildman–Crippen LogP) is 0.617. The lowest BCUT2D eigenvalue weighted by Gasteiger charge is -2.35. The molecule has 78 valence electrons. The molecule has 13 heavy (non-hydrogen) atoms. The summed E-state index contributed by atoms with van der Waals surface area (Å²) in [4.78, 5) is 0. The predicted molar refractivity (Wildman–Crippen MR) is 54.5 cm³/mol. The molecular formula is C10H22N2O. The first-order chi connectivity index (χ1) is 6.02. The summed E-state index contributed by atoms with van der Waals surface area (Å²) in [6.07, 6.45) is 3.59. The van der Waals surface area contributed by atoms with Gasteiger partial charge in [0, 0.05) is 18.6 Å². The average molecular weight is 186 g/mol. The highest BCUT2D eigenvalue weighted by Crippen LogP contribution is 2.26. The van der Waals surface area contributed by atoms with Gasteiger partial charge in [0.25, 0.3) is 0 Å². The van der Waals surface area contributed by atoms with E-state index in [0.717, 1.165) is 25.7 Å². The van der Waals surface area contributed by atoms with Gasteiger partial charge in [-0.1, -0.05) is 13.8 Å². The van der Waals surface area contributed by atoms with Crippen LogP contribution in [-0.2, 0) is 0 Å². The molecule has 0 bridgehead atoms. The molecule has 0 radical (unpaired) electrons. The number of aliphatic hydroxyl groups is 1. The molecule has 0 aromatic rings. The first kappa shape index (κ1) is 11.0. The Balaban J connectivity index is 2.30. The first-order valence-electron chi connectivity index (χ1n) is 5.23. The van der Waals surface area contributed by atoms with Gasteiger partial charge in [0.2, 0.25) is 0 Å². The minimum absolute atomic E-state index is 0.305. The normalized spacial score (nSPS) is 35.3. The van der Waals surface area contributed by atoms with E-state index < -0.39 is 5.60 Å². The van der Waals surface area contributed by atoms with Crippen LogP contribution >= 0.6 is 0 Å². The number of hydrogen-bond acceptors (Lipinski definition) is 3. The van der Waals surface area contributed by atoms with E-state index in [4.69, 9.17) is 5.73 Å². The molecule has 3 nitrogen and oxygen atoms in total. The molecule has 0 heterocycles. The second-order valence-electron chi connectivity index (χ2n) is 4.60. The monoisotopic (exact) mass is 186 g/mol. The molecule has 0 atom stereocenters. The van der Waals surface area contributed by atoms with E-state index in [1.54, 1.807) is 0 Å². The van der Waals surface area contributed by atoms with Crippen molar-refractivity contribution in [2.75, 3.05) is 6.54 Å². The molecule has 0 unspecified atom stereocenters. The van der Waals surface area contributed by atoms with Crippen molar-refractivity contribution in [3.63, 3.8) is 0 Å². The van der Waals surface area contributed by atoms with Crippen molar-refractivity contribution >= 4 is 0 Å². The zero-order valence-electron chi connectivity index (χ0n) is 8.71. The number of nitrogens with one attached hydrogen (secondary N) is 1. The van der Waals surface area contributed by atoms with Gasteiger partial charge in [-0.3, -0.25) is 0 Å². The highest BCUT2D eigenvalue weighted by molar-refractivity contribution is 4.88. The highest BCUT2D eigenvalue weighted by atomic mass is 16.3. The maximum atomic E-state index is 10.1. The number of rotatable bonds is 3. The van der Waals surface area contributed by atoms with Gasteiger partial charge in [-0.15, -0.1) is 0 Å². The topological polar surface area (TPSA) is 58.3 Å². The van der Waals surface area contributed by atoms with Crippen molar-refractivity contribution < 1.29 is 5.11 Å². The van der Waals surface area contributed by atoms with Crippen LogP contribution in [0, 0.1) is 0 Å². The maximum Gasteiger partial charge on any atom is 0.0772 e. The van der Waals surface area contributed by atoms with Gasteiger partial charge in [-0.05, 0) is 25.7 Å². The summed E-state index contributed by atoms with van der Waals surface area (Å²) in [7, 11) is 0. The van der Waals surface area contributed by atoms with Gasteiger partial charge in [-0.2, -0.15) is 0 Å². The summed E-state index contributed by atoms with van der Waals surface area (Å²) in [6, 6.07) is 0.749. The zero-order valence-corrected chi connectivity index (χ0v) is 8.71. The standard InChI is InChI=1S/C10H22N2O/c1-8(2)12-7-10(13)5-3-9(11)4-6-10/h8-9,12-13H,3-7,11H2,1-2H3. The van der Waals surface area contributed by atoms with E-state index in [9.17, 15) is 5.11 Å². The van der Waals surface area contributed by atoms with Gasteiger partial charge in [0.15, 0.2) is 0 Å². The van der Waals surface area contributed by atoms with Crippen molar-refractivity contribution in [2.45, 2.75) is 57.2 Å². The highest BCUT2D eigenvalue weighted by Gasteiger charge is 2.31. The fourth-order valence-corrected chi connectivity index (χ4v) is 1.75.